The SMILES string of the molecule is COC(=O)CC/C=C/c1ccc(F)cc1. The molecule has 1 aromatic rings. The molecule has 0 unspecified atom stereocenters. The maximum absolute atomic E-state index is 12.5. The summed E-state index contributed by atoms with van der Waals surface area (Å²) in [7, 11) is 1.37. The number of allylic oxidation sites excluding steroid dienone is 1. The van der Waals surface area contributed by atoms with Gasteiger partial charge in [-0.15, -0.1) is 0 Å². The topological polar surface area (TPSA) is 26.3 Å². The van der Waals surface area contributed by atoms with Crippen LogP contribution in [0.25, 0.3) is 6.08 Å². The van der Waals surface area contributed by atoms with Crippen molar-refractivity contribution in [1.82, 2.24) is 0 Å². The molecule has 3 heteroatoms. The fourth-order valence-electron chi connectivity index (χ4n) is 1.10. The van der Waals surface area contributed by atoms with Crippen molar-refractivity contribution in [2.24, 2.45) is 0 Å². The van der Waals surface area contributed by atoms with Gasteiger partial charge in [-0.1, -0.05) is 24.3 Å². The number of benzene rings is 1. The predicted octanol–water partition coefficient (Wildman–Crippen LogP) is 2.79. The summed E-state index contributed by atoms with van der Waals surface area (Å²) in [6.45, 7) is 0. The summed E-state index contributed by atoms with van der Waals surface area (Å²) in [5.74, 6) is -0.472. The van der Waals surface area contributed by atoms with Crippen LogP contribution in [-0.2, 0) is 9.53 Å². The van der Waals surface area contributed by atoms with Crippen LogP contribution in [0.5, 0.6) is 0 Å². The van der Waals surface area contributed by atoms with E-state index in [2.05, 4.69) is 4.74 Å². The molecule has 80 valence electrons. The summed E-state index contributed by atoms with van der Waals surface area (Å²) < 4.78 is 17.0. The van der Waals surface area contributed by atoms with Crippen molar-refractivity contribution in [1.29, 1.82) is 0 Å². The van der Waals surface area contributed by atoms with Crippen molar-refractivity contribution >= 4 is 12.0 Å². The Balaban J connectivity index is 2.38. The molecule has 0 heterocycles. The lowest BCUT2D eigenvalue weighted by Gasteiger charge is -1.95. The molecule has 0 bridgehead atoms. The first-order valence-electron chi connectivity index (χ1n) is 4.71. The van der Waals surface area contributed by atoms with Gasteiger partial charge in [0.25, 0.3) is 0 Å². The fourth-order valence-corrected chi connectivity index (χ4v) is 1.10. The Bertz CT molecular complexity index is 341. The Kier molecular flexibility index (Phi) is 4.54. The third-order valence-corrected chi connectivity index (χ3v) is 1.92. The Morgan fingerprint density at radius 1 is 1.40 bits per heavy atom. The quantitative estimate of drug-likeness (QED) is 0.711. The average molecular weight is 208 g/mol. The average Bonchev–Trinajstić information content (AvgIpc) is 2.26. The van der Waals surface area contributed by atoms with Gasteiger partial charge in [-0.3, -0.25) is 4.79 Å². The summed E-state index contributed by atoms with van der Waals surface area (Å²) >= 11 is 0. The first-order valence-corrected chi connectivity index (χ1v) is 4.71. The van der Waals surface area contributed by atoms with Crippen LogP contribution in [0, 0.1) is 5.82 Å². The summed E-state index contributed by atoms with van der Waals surface area (Å²) in [5, 5.41) is 0. The van der Waals surface area contributed by atoms with Crippen molar-refractivity contribution in [3.05, 3.63) is 41.7 Å². The Labute approximate surface area is 88.4 Å². The largest absolute Gasteiger partial charge is 0.469 e. The lowest BCUT2D eigenvalue weighted by atomic mass is 10.2. The monoisotopic (exact) mass is 208 g/mol. The number of carbonyl (C=O) groups excluding carboxylic acids is 1. The summed E-state index contributed by atoms with van der Waals surface area (Å²) in [5.41, 5.74) is 0.918. The number of rotatable bonds is 4. The van der Waals surface area contributed by atoms with Gasteiger partial charge in [-0.05, 0) is 24.1 Å². The van der Waals surface area contributed by atoms with E-state index in [4.69, 9.17) is 0 Å². The van der Waals surface area contributed by atoms with Gasteiger partial charge in [0.05, 0.1) is 7.11 Å². The molecule has 0 radical (unpaired) electrons. The molecular weight excluding hydrogens is 195 g/mol. The maximum atomic E-state index is 12.5. The number of esters is 1. The molecule has 0 fully saturated rings. The molecule has 0 atom stereocenters. The summed E-state index contributed by atoms with van der Waals surface area (Å²) in [6.07, 6.45) is 4.71. The van der Waals surface area contributed by atoms with Gasteiger partial charge in [-0.25, -0.2) is 4.39 Å². The highest BCUT2D eigenvalue weighted by Gasteiger charge is 1.95. The van der Waals surface area contributed by atoms with Gasteiger partial charge in [0.2, 0.25) is 0 Å². The van der Waals surface area contributed by atoms with E-state index in [0.29, 0.717) is 12.8 Å². The van der Waals surface area contributed by atoms with Crippen molar-refractivity contribution in [3.8, 4) is 0 Å². The molecule has 1 aromatic carbocycles. The lowest BCUT2D eigenvalue weighted by molar-refractivity contribution is -0.140. The second-order valence-corrected chi connectivity index (χ2v) is 3.07. The summed E-state index contributed by atoms with van der Waals surface area (Å²) in [4.78, 5) is 10.8. The van der Waals surface area contributed by atoms with Crippen LogP contribution in [0.1, 0.15) is 18.4 Å². The highest BCUT2D eigenvalue weighted by atomic mass is 19.1. The molecule has 0 N–H and O–H groups in total. The molecule has 1 rings (SSSR count). The van der Waals surface area contributed by atoms with Crippen LogP contribution in [0.4, 0.5) is 4.39 Å². The Hall–Kier alpha value is -1.64. The standard InChI is InChI=1S/C12H13FO2/c1-15-12(14)5-3-2-4-10-6-8-11(13)9-7-10/h2,4,6-9H,3,5H2,1H3/b4-2+. The van der Waals surface area contributed by atoms with E-state index in [-0.39, 0.29) is 11.8 Å². The highest BCUT2D eigenvalue weighted by molar-refractivity contribution is 5.69. The minimum absolute atomic E-state index is 0.223. The minimum atomic E-state index is -0.248. The van der Waals surface area contributed by atoms with Crippen molar-refractivity contribution in [2.75, 3.05) is 7.11 Å². The third kappa shape index (κ3) is 4.40. The van der Waals surface area contributed by atoms with Gasteiger partial charge in [0.1, 0.15) is 5.82 Å². The second kappa shape index (κ2) is 5.96. The van der Waals surface area contributed by atoms with Gasteiger partial charge in [0.15, 0.2) is 0 Å². The van der Waals surface area contributed by atoms with Gasteiger partial charge in [0, 0.05) is 6.42 Å². The number of ether oxygens (including phenoxy) is 1. The third-order valence-electron chi connectivity index (χ3n) is 1.92. The molecular formula is C12H13FO2. The zero-order valence-corrected chi connectivity index (χ0v) is 8.57. The summed E-state index contributed by atoms with van der Waals surface area (Å²) in [6, 6.07) is 6.17. The molecule has 0 saturated carbocycles. The molecule has 15 heavy (non-hydrogen) atoms. The Morgan fingerprint density at radius 2 is 2.07 bits per heavy atom. The number of hydrogen-bond donors (Lipinski definition) is 0. The normalized spacial score (nSPS) is 10.5. The smallest absolute Gasteiger partial charge is 0.305 e. The molecule has 0 aliphatic heterocycles. The number of methoxy groups -OCH3 is 1. The maximum Gasteiger partial charge on any atom is 0.305 e. The van der Waals surface area contributed by atoms with E-state index < -0.39 is 0 Å². The van der Waals surface area contributed by atoms with Crippen LogP contribution in [0.2, 0.25) is 0 Å². The van der Waals surface area contributed by atoms with E-state index in [1.54, 1.807) is 12.1 Å². The zero-order chi connectivity index (χ0) is 11.1. The second-order valence-electron chi connectivity index (χ2n) is 3.07. The van der Waals surface area contributed by atoms with E-state index in [9.17, 15) is 9.18 Å². The van der Waals surface area contributed by atoms with Crippen LogP contribution in [0.3, 0.4) is 0 Å². The van der Waals surface area contributed by atoms with Crippen LogP contribution < -0.4 is 0 Å². The number of hydrogen-bond acceptors (Lipinski definition) is 2. The van der Waals surface area contributed by atoms with Gasteiger partial charge < -0.3 is 4.74 Å². The first-order chi connectivity index (χ1) is 7.22. The highest BCUT2D eigenvalue weighted by Crippen LogP contribution is 2.05. The van der Waals surface area contributed by atoms with Crippen LogP contribution in [0.15, 0.2) is 30.3 Å². The van der Waals surface area contributed by atoms with Gasteiger partial charge in [-0.2, -0.15) is 0 Å². The molecule has 0 aliphatic carbocycles. The molecule has 0 aromatic heterocycles. The van der Waals surface area contributed by atoms with E-state index in [0.717, 1.165) is 5.56 Å². The predicted molar refractivity (Wildman–Crippen MR) is 56.7 cm³/mol. The number of carbonyl (C=O) groups is 1. The number of halogens is 1. The molecule has 0 spiro atoms. The van der Waals surface area contributed by atoms with Crippen LogP contribution in [-0.4, -0.2) is 13.1 Å². The van der Waals surface area contributed by atoms with E-state index in [1.807, 2.05) is 12.2 Å². The minimum Gasteiger partial charge on any atom is -0.469 e. The fraction of sp³-hybridized carbons (Fsp3) is 0.250. The zero-order valence-electron chi connectivity index (χ0n) is 8.57. The molecule has 0 aliphatic rings. The molecule has 0 saturated heterocycles. The lowest BCUT2D eigenvalue weighted by Crippen LogP contribution is -1.97. The Morgan fingerprint density at radius 3 is 2.67 bits per heavy atom. The van der Waals surface area contributed by atoms with Gasteiger partial charge >= 0.3 is 5.97 Å². The van der Waals surface area contributed by atoms with Crippen molar-refractivity contribution in [2.45, 2.75) is 12.8 Å². The molecule has 2 nitrogen and oxygen atoms in total. The van der Waals surface area contributed by atoms with Crippen molar-refractivity contribution in [3.63, 3.8) is 0 Å². The van der Waals surface area contributed by atoms with Crippen molar-refractivity contribution < 1.29 is 13.9 Å². The van der Waals surface area contributed by atoms with E-state index >= 15 is 0 Å². The molecule has 0 amide bonds. The van der Waals surface area contributed by atoms with Crippen LogP contribution >= 0.6 is 0 Å². The van der Waals surface area contributed by atoms with E-state index in [1.165, 1.54) is 19.2 Å². The first kappa shape index (κ1) is 11.4.